The zero-order valence-corrected chi connectivity index (χ0v) is 12.7. The van der Waals surface area contributed by atoms with E-state index in [0.717, 1.165) is 59.0 Å². The molecule has 0 spiro atoms. The molecule has 0 aromatic heterocycles. The normalized spacial score (nSPS) is 24.0. The standard InChI is InChI=1S/C14H30N2O3/c1-4-15-14-5-8-19-12-13(14)11-16(6-9-17-2)7-10-18-3/h13-15H,4-12H2,1-3H3. The summed E-state index contributed by atoms with van der Waals surface area (Å²) >= 11 is 0. The van der Waals surface area contributed by atoms with Gasteiger partial charge < -0.3 is 19.5 Å². The van der Waals surface area contributed by atoms with Gasteiger partial charge in [-0.3, -0.25) is 4.90 Å². The minimum absolute atomic E-state index is 0.558. The topological polar surface area (TPSA) is 43.0 Å². The molecule has 1 heterocycles. The molecular weight excluding hydrogens is 244 g/mol. The van der Waals surface area contributed by atoms with E-state index in [0.29, 0.717) is 12.0 Å². The molecule has 0 amide bonds. The van der Waals surface area contributed by atoms with E-state index in [-0.39, 0.29) is 0 Å². The van der Waals surface area contributed by atoms with Crippen molar-refractivity contribution in [1.82, 2.24) is 10.2 Å². The lowest BCUT2D eigenvalue weighted by Gasteiger charge is -2.35. The summed E-state index contributed by atoms with van der Waals surface area (Å²) in [6, 6.07) is 0.575. The third-order valence-corrected chi connectivity index (χ3v) is 3.66. The maximum Gasteiger partial charge on any atom is 0.0589 e. The average Bonchev–Trinajstić information content (AvgIpc) is 2.44. The van der Waals surface area contributed by atoms with Gasteiger partial charge in [-0.2, -0.15) is 0 Å². The number of nitrogens with one attached hydrogen (secondary N) is 1. The molecule has 0 aromatic carbocycles. The fourth-order valence-electron chi connectivity index (χ4n) is 2.57. The summed E-state index contributed by atoms with van der Waals surface area (Å²) in [5, 5.41) is 3.58. The molecule has 5 heteroatoms. The van der Waals surface area contributed by atoms with Gasteiger partial charge in [0.2, 0.25) is 0 Å². The van der Waals surface area contributed by atoms with Crippen LogP contribution in [0.4, 0.5) is 0 Å². The first kappa shape index (κ1) is 16.9. The number of rotatable bonds is 10. The van der Waals surface area contributed by atoms with E-state index in [1.165, 1.54) is 0 Å². The minimum Gasteiger partial charge on any atom is -0.383 e. The summed E-state index contributed by atoms with van der Waals surface area (Å²) in [6.45, 7) is 9.41. The van der Waals surface area contributed by atoms with Crippen LogP contribution in [-0.2, 0) is 14.2 Å². The van der Waals surface area contributed by atoms with E-state index in [1.807, 2.05) is 0 Å². The van der Waals surface area contributed by atoms with Crippen LogP contribution in [0.5, 0.6) is 0 Å². The second-order valence-corrected chi connectivity index (χ2v) is 5.07. The van der Waals surface area contributed by atoms with Crippen molar-refractivity contribution >= 4 is 0 Å². The van der Waals surface area contributed by atoms with E-state index in [1.54, 1.807) is 14.2 Å². The van der Waals surface area contributed by atoms with Crippen LogP contribution in [0.3, 0.4) is 0 Å². The van der Waals surface area contributed by atoms with E-state index < -0.39 is 0 Å². The van der Waals surface area contributed by atoms with Crippen LogP contribution in [0.1, 0.15) is 13.3 Å². The molecule has 1 aliphatic heterocycles. The minimum atomic E-state index is 0.558. The Hall–Kier alpha value is -0.200. The first-order chi connectivity index (χ1) is 9.31. The molecule has 0 aromatic rings. The molecule has 2 atom stereocenters. The molecule has 5 nitrogen and oxygen atoms in total. The lowest BCUT2D eigenvalue weighted by Crippen LogP contribution is -2.48. The van der Waals surface area contributed by atoms with Crippen molar-refractivity contribution in [3.8, 4) is 0 Å². The summed E-state index contributed by atoms with van der Waals surface area (Å²) in [5.41, 5.74) is 0. The van der Waals surface area contributed by atoms with E-state index in [4.69, 9.17) is 14.2 Å². The second kappa shape index (κ2) is 10.6. The molecule has 1 N–H and O–H groups in total. The highest BCUT2D eigenvalue weighted by Gasteiger charge is 2.26. The van der Waals surface area contributed by atoms with Crippen LogP contribution >= 0.6 is 0 Å². The largest absolute Gasteiger partial charge is 0.383 e. The number of hydrogen-bond acceptors (Lipinski definition) is 5. The Labute approximate surface area is 117 Å². The molecule has 1 fully saturated rings. The SMILES string of the molecule is CCNC1CCOCC1CN(CCOC)CCOC. The Bertz CT molecular complexity index is 207. The van der Waals surface area contributed by atoms with Crippen LogP contribution in [0.25, 0.3) is 0 Å². The van der Waals surface area contributed by atoms with Crippen LogP contribution in [0.15, 0.2) is 0 Å². The monoisotopic (exact) mass is 274 g/mol. The van der Waals surface area contributed by atoms with Gasteiger partial charge in [0, 0.05) is 52.4 Å². The van der Waals surface area contributed by atoms with Crippen molar-refractivity contribution in [3.05, 3.63) is 0 Å². The Balaban J connectivity index is 2.43. The predicted octanol–water partition coefficient (Wildman–Crippen LogP) is 0.596. The summed E-state index contributed by atoms with van der Waals surface area (Å²) in [5.74, 6) is 0.558. The first-order valence-electron chi connectivity index (χ1n) is 7.33. The smallest absolute Gasteiger partial charge is 0.0589 e. The van der Waals surface area contributed by atoms with Gasteiger partial charge in [0.25, 0.3) is 0 Å². The second-order valence-electron chi connectivity index (χ2n) is 5.07. The Morgan fingerprint density at radius 1 is 1.21 bits per heavy atom. The maximum atomic E-state index is 5.64. The fraction of sp³-hybridized carbons (Fsp3) is 1.00. The van der Waals surface area contributed by atoms with Crippen molar-refractivity contribution in [1.29, 1.82) is 0 Å². The Kier molecular flexibility index (Phi) is 9.38. The maximum absolute atomic E-state index is 5.64. The van der Waals surface area contributed by atoms with Crippen LogP contribution < -0.4 is 5.32 Å². The summed E-state index contributed by atoms with van der Waals surface area (Å²) < 4.78 is 16.0. The molecule has 0 radical (unpaired) electrons. The molecule has 19 heavy (non-hydrogen) atoms. The highest BCUT2D eigenvalue weighted by atomic mass is 16.5. The van der Waals surface area contributed by atoms with Gasteiger partial charge in [-0.1, -0.05) is 6.92 Å². The highest BCUT2D eigenvalue weighted by molar-refractivity contribution is 4.82. The lowest BCUT2D eigenvalue weighted by atomic mass is 9.95. The van der Waals surface area contributed by atoms with Crippen LogP contribution in [0.2, 0.25) is 0 Å². The van der Waals surface area contributed by atoms with Crippen LogP contribution in [-0.4, -0.2) is 77.8 Å². The van der Waals surface area contributed by atoms with Gasteiger partial charge in [-0.25, -0.2) is 0 Å². The Morgan fingerprint density at radius 2 is 1.89 bits per heavy atom. The number of hydrogen-bond donors (Lipinski definition) is 1. The fourth-order valence-corrected chi connectivity index (χ4v) is 2.57. The number of methoxy groups -OCH3 is 2. The van der Waals surface area contributed by atoms with Gasteiger partial charge in [0.1, 0.15) is 0 Å². The van der Waals surface area contributed by atoms with Crippen molar-refractivity contribution in [2.24, 2.45) is 5.92 Å². The van der Waals surface area contributed by atoms with Gasteiger partial charge in [0.05, 0.1) is 19.8 Å². The first-order valence-corrected chi connectivity index (χ1v) is 7.33. The molecule has 1 aliphatic rings. The quantitative estimate of drug-likeness (QED) is 0.632. The molecule has 1 saturated heterocycles. The van der Waals surface area contributed by atoms with Gasteiger partial charge in [-0.15, -0.1) is 0 Å². The summed E-state index contributed by atoms with van der Waals surface area (Å²) in [4.78, 5) is 2.41. The van der Waals surface area contributed by atoms with Gasteiger partial charge in [-0.05, 0) is 13.0 Å². The Morgan fingerprint density at radius 3 is 2.47 bits per heavy atom. The van der Waals surface area contributed by atoms with Crippen molar-refractivity contribution in [3.63, 3.8) is 0 Å². The van der Waals surface area contributed by atoms with Crippen molar-refractivity contribution in [2.45, 2.75) is 19.4 Å². The van der Waals surface area contributed by atoms with Crippen molar-refractivity contribution in [2.75, 3.05) is 66.8 Å². The van der Waals surface area contributed by atoms with E-state index in [2.05, 4.69) is 17.1 Å². The number of nitrogens with zero attached hydrogens (tertiary/aromatic N) is 1. The summed E-state index contributed by atoms with van der Waals surface area (Å²) in [7, 11) is 3.50. The zero-order valence-electron chi connectivity index (χ0n) is 12.7. The molecule has 0 bridgehead atoms. The molecular formula is C14H30N2O3. The van der Waals surface area contributed by atoms with Crippen LogP contribution in [0, 0.1) is 5.92 Å². The lowest BCUT2D eigenvalue weighted by molar-refractivity contribution is 0.00985. The molecule has 1 rings (SSSR count). The third kappa shape index (κ3) is 6.68. The van der Waals surface area contributed by atoms with Gasteiger partial charge in [0.15, 0.2) is 0 Å². The predicted molar refractivity (Wildman–Crippen MR) is 76.6 cm³/mol. The van der Waals surface area contributed by atoms with E-state index >= 15 is 0 Å². The average molecular weight is 274 g/mol. The van der Waals surface area contributed by atoms with Crippen molar-refractivity contribution < 1.29 is 14.2 Å². The summed E-state index contributed by atoms with van der Waals surface area (Å²) in [6.07, 6.45) is 1.11. The molecule has 0 saturated carbocycles. The highest BCUT2D eigenvalue weighted by Crippen LogP contribution is 2.16. The third-order valence-electron chi connectivity index (χ3n) is 3.66. The molecule has 114 valence electrons. The number of ether oxygens (including phenoxy) is 3. The molecule has 2 unspecified atom stereocenters. The molecule has 0 aliphatic carbocycles. The van der Waals surface area contributed by atoms with Gasteiger partial charge >= 0.3 is 0 Å². The van der Waals surface area contributed by atoms with E-state index in [9.17, 15) is 0 Å². The zero-order chi connectivity index (χ0) is 13.9.